The number of carbonyl (C=O) groups excluding carboxylic acids is 2. The van der Waals surface area contributed by atoms with Crippen LogP contribution in [0.1, 0.15) is 35.3 Å². The number of hydrogen-bond acceptors (Lipinski definition) is 5. The largest absolute Gasteiger partial charge is 0.493 e. The summed E-state index contributed by atoms with van der Waals surface area (Å²) in [6.45, 7) is 4.06. The molecule has 3 rings (SSSR count). The van der Waals surface area contributed by atoms with Crippen molar-refractivity contribution in [1.29, 1.82) is 0 Å². The summed E-state index contributed by atoms with van der Waals surface area (Å²) in [5, 5.41) is 7.25. The first kappa shape index (κ1) is 27.2. The molecule has 1 unspecified atom stereocenters. The van der Waals surface area contributed by atoms with E-state index in [1.54, 1.807) is 43.5 Å². The first-order valence-electron chi connectivity index (χ1n) is 11.2. The van der Waals surface area contributed by atoms with Gasteiger partial charge in [-0.05, 0) is 63.3 Å². The highest BCUT2D eigenvalue weighted by atomic mass is 79.9. The van der Waals surface area contributed by atoms with Gasteiger partial charge in [0.15, 0.2) is 11.5 Å². The van der Waals surface area contributed by atoms with Crippen molar-refractivity contribution >= 4 is 45.6 Å². The Morgan fingerprint density at radius 2 is 1.83 bits per heavy atom. The molecule has 0 fully saturated rings. The summed E-state index contributed by atoms with van der Waals surface area (Å²) in [4.78, 5) is 25.3. The van der Waals surface area contributed by atoms with Crippen LogP contribution < -0.4 is 20.2 Å². The molecule has 9 heteroatoms. The van der Waals surface area contributed by atoms with Gasteiger partial charge in [-0.1, -0.05) is 61.8 Å². The lowest BCUT2D eigenvalue weighted by Crippen LogP contribution is -2.48. The number of benzene rings is 3. The maximum Gasteiger partial charge on any atom is 0.262 e. The van der Waals surface area contributed by atoms with Gasteiger partial charge in [0.2, 0.25) is 0 Å². The van der Waals surface area contributed by atoms with Crippen LogP contribution in [0.2, 0.25) is 5.02 Å². The molecule has 36 heavy (non-hydrogen) atoms. The zero-order chi connectivity index (χ0) is 26.1. The molecule has 0 aliphatic rings. The maximum absolute atomic E-state index is 12.8. The van der Waals surface area contributed by atoms with Crippen LogP contribution >= 0.6 is 27.5 Å². The quantitative estimate of drug-likeness (QED) is 0.245. The number of hydrogen-bond donors (Lipinski definition) is 2. The average molecular weight is 573 g/mol. The molecule has 7 nitrogen and oxygen atoms in total. The summed E-state index contributed by atoms with van der Waals surface area (Å²) in [6, 6.07) is 19.1. The molecule has 0 spiro atoms. The molecule has 3 aromatic rings. The van der Waals surface area contributed by atoms with Crippen LogP contribution in [-0.2, 0) is 11.4 Å². The number of rotatable bonds is 10. The number of methoxy groups -OCH3 is 1. The number of nitrogens with one attached hydrogen (secondary N) is 2. The predicted molar refractivity (Wildman–Crippen MR) is 145 cm³/mol. The molecule has 0 radical (unpaired) electrons. The minimum Gasteiger partial charge on any atom is -0.493 e. The van der Waals surface area contributed by atoms with Crippen LogP contribution in [0.4, 0.5) is 0 Å². The van der Waals surface area contributed by atoms with Crippen LogP contribution in [0.3, 0.4) is 0 Å². The fraction of sp³-hybridized carbons (Fsp3) is 0.222. The van der Waals surface area contributed by atoms with Crippen LogP contribution in [0.5, 0.6) is 11.5 Å². The Morgan fingerprint density at radius 3 is 2.50 bits per heavy atom. The van der Waals surface area contributed by atoms with Crippen molar-refractivity contribution in [3.8, 4) is 11.5 Å². The van der Waals surface area contributed by atoms with Gasteiger partial charge in [0.1, 0.15) is 12.6 Å². The molecule has 0 saturated heterocycles. The van der Waals surface area contributed by atoms with Crippen molar-refractivity contribution in [2.24, 2.45) is 11.0 Å². The zero-order valence-corrected chi connectivity index (χ0v) is 22.5. The maximum atomic E-state index is 12.8. The van der Waals surface area contributed by atoms with Crippen molar-refractivity contribution in [1.82, 2.24) is 10.7 Å². The van der Waals surface area contributed by atoms with Gasteiger partial charge in [0, 0.05) is 10.6 Å². The first-order valence-corrected chi connectivity index (χ1v) is 12.4. The van der Waals surface area contributed by atoms with E-state index < -0.39 is 17.9 Å². The van der Waals surface area contributed by atoms with E-state index in [4.69, 9.17) is 21.1 Å². The third-order valence-corrected chi connectivity index (χ3v) is 6.01. The number of nitrogens with zero attached hydrogens (tertiary/aromatic N) is 1. The SMILES string of the molecule is COc1cc(C=NNC(=O)C(NC(=O)c2cccc(Cl)c2)C(C)C)cc(Br)c1OCc1ccccc1. The highest BCUT2D eigenvalue weighted by Gasteiger charge is 2.24. The summed E-state index contributed by atoms with van der Waals surface area (Å²) < 4.78 is 12.1. The summed E-state index contributed by atoms with van der Waals surface area (Å²) in [5.74, 6) is 0.0762. The molecule has 0 heterocycles. The lowest BCUT2D eigenvalue weighted by Gasteiger charge is -2.20. The summed E-state index contributed by atoms with van der Waals surface area (Å²) >= 11 is 9.49. The fourth-order valence-corrected chi connectivity index (χ4v) is 4.08. The molecule has 188 valence electrons. The van der Waals surface area contributed by atoms with E-state index in [0.717, 1.165) is 5.56 Å². The second-order valence-electron chi connectivity index (χ2n) is 8.25. The topological polar surface area (TPSA) is 89.0 Å². The average Bonchev–Trinajstić information content (AvgIpc) is 2.86. The van der Waals surface area contributed by atoms with E-state index in [1.165, 1.54) is 6.21 Å². The van der Waals surface area contributed by atoms with Crippen molar-refractivity contribution < 1.29 is 19.1 Å². The third kappa shape index (κ3) is 7.57. The predicted octanol–water partition coefficient (Wildman–Crippen LogP) is 5.59. The lowest BCUT2D eigenvalue weighted by atomic mass is 10.0. The van der Waals surface area contributed by atoms with Gasteiger partial charge in [-0.15, -0.1) is 0 Å². The Labute approximate surface area is 224 Å². The monoisotopic (exact) mass is 571 g/mol. The molecule has 0 aliphatic heterocycles. The van der Waals surface area contributed by atoms with E-state index in [0.29, 0.717) is 38.7 Å². The Bertz CT molecular complexity index is 1230. The van der Waals surface area contributed by atoms with Gasteiger partial charge < -0.3 is 14.8 Å². The number of carbonyl (C=O) groups is 2. The molecule has 3 aromatic carbocycles. The van der Waals surface area contributed by atoms with Gasteiger partial charge in [0.25, 0.3) is 11.8 Å². The van der Waals surface area contributed by atoms with E-state index in [2.05, 4.69) is 31.8 Å². The fourth-order valence-electron chi connectivity index (χ4n) is 3.31. The normalized spacial score (nSPS) is 11.8. The van der Waals surface area contributed by atoms with E-state index in [1.807, 2.05) is 44.2 Å². The van der Waals surface area contributed by atoms with Crippen LogP contribution in [0.25, 0.3) is 0 Å². The molecule has 0 bridgehead atoms. The number of amides is 2. The summed E-state index contributed by atoms with van der Waals surface area (Å²) in [7, 11) is 1.55. The van der Waals surface area contributed by atoms with Crippen LogP contribution in [0.15, 0.2) is 76.3 Å². The van der Waals surface area contributed by atoms with Gasteiger partial charge in [-0.3, -0.25) is 9.59 Å². The Balaban J connectivity index is 1.65. The third-order valence-electron chi connectivity index (χ3n) is 5.19. The molecular formula is C27H27BrClN3O4. The van der Waals surface area contributed by atoms with Crippen LogP contribution in [-0.4, -0.2) is 31.2 Å². The standard InChI is InChI=1S/C27H27BrClN3O4/c1-17(2)24(31-26(33)20-10-7-11-21(29)14-20)27(34)32-30-15-19-12-22(28)25(23(13-19)35-3)36-16-18-8-5-4-6-9-18/h4-15,17,24H,16H2,1-3H3,(H,31,33)(H,32,34). The first-order chi connectivity index (χ1) is 17.3. The van der Waals surface area contributed by atoms with Crippen molar-refractivity contribution in [2.45, 2.75) is 26.5 Å². The van der Waals surface area contributed by atoms with Gasteiger partial charge in [0.05, 0.1) is 17.8 Å². The highest BCUT2D eigenvalue weighted by Crippen LogP contribution is 2.36. The zero-order valence-electron chi connectivity index (χ0n) is 20.1. The van der Waals surface area contributed by atoms with E-state index in [9.17, 15) is 9.59 Å². The summed E-state index contributed by atoms with van der Waals surface area (Å²) in [6.07, 6.45) is 1.49. The number of hydrazone groups is 1. The second kappa shape index (κ2) is 13.1. The number of ether oxygens (including phenoxy) is 2. The molecule has 1 atom stereocenters. The lowest BCUT2D eigenvalue weighted by molar-refractivity contribution is -0.123. The highest BCUT2D eigenvalue weighted by molar-refractivity contribution is 9.10. The van der Waals surface area contributed by atoms with Crippen molar-refractivity contribution in [3.63, 3.8) is 0 Å². The molecular weight excluding hydrogens is 546 g/mol. The van der Waals surface area contributed by atoms with Gasteiger partial charge in [-0.2, -0.15) is 5.10 Å². The smallest absolute Gasteiger partial charge is 0.262 e. The molecule has 2 amide bonds. The Kier molecular flexibility index (Phi) is 9.90. The Hall–Kier alpha value is -3.36. The molecule has 0 aromatic heterocycles. The van der Waals surface area contributed by atoms with Crippen molar-refractivity contribution in [3.05, 3.63) is 92.9 Å². The second-order valence-corrected chi connectivity index (χ2v) is 9.54. The van der Waals surface area contributed by atoms with Gasteiger partial charge >= 0.3 is 0 Å². The minimum atomic E-state index is -0.788. The molecule has 2 N–H and O–H groups in total. The minimum absolute atomic E-state index is 0.168. The van der Waals surface area contributed by atoms with E-state index in [-0.39, 0.29) is 5.92 Å². The molecule has 0 aliphatic carbocycles. The van der Waals surface area contributed by atoms with Gasteiger partial charge in [-0.25, -0.2) is 5.43 Å². The Morgan fingerprint density at radius 1 is 1.08 bits per heavy atom. The van der Waals surface area contributed by atoms with Crippen molar-refractivity contribution in [2.75, 3.05) is 7.11 Å². The van der Waals surface area contributed by atoms with Crippen LogP contribution in [0, 0.1) is 5.92 Å². The number of halogens is 2. The molecule has 0 saturated carbocycles. The van der Waals surface area contributed by atoms with E-state index >= 15 is 0 Å². The summed E-state index contributed by atoms with van der Waals surface area (Å²) in [5.41, 5.74) is 4.58.